The minimum Gasteiger partial charge on any atom is -0.326 e. The second kappa shape index (κ2) is 6.65. The van der Waals surface area contributed by atoms with Crippen molar-refractivity contribution in [1.29, 1.82) is 0 Å². The highest BCUT2D eigenvalue weighted by atomic mass is 35.5. The molecule has 2 rings (SSSR count). The summed E-state index contributed by atoms with van der Waals surface area (Å²) in [5, 5.41) is 0.258. The molecule has 0 amide bonds. The van der Waals surface area contributed by atoms with Crippen molar-refractivity contribution in [3.05, 3.63) is 28.8 Å². The van der Waals surface area contributed by atoms with E-state index in [0.29, 0.717) is 19.0 Å². The van der Waals surface area contributed by atoms with Gasteiger partial charge in [-0.2, -0.15) is 4.31 Å². The molecule has 118 valence electrons. The Morgan fingerprint density at radius 1 is 1.38 bits per heavy atom. The monoisotopic (exact) mass is 330 g/mol. The van der Waals surface area contributed by atoms with Crippen LogP contribution in [0.3, 0.4) is 0 Å². The molecule has 0 atom stereocenters. The van der Waals surface area contributed by atoms with Crippen molar-refractivity contribution in [1.82, 2.24) is 4.31 Å². The Hall–Kier alpha value is -0.620. The molecule has 2 N–H and O–H groups in total. The first-order valence-corrected chi connectivity index (χ1v) is 9.18. The fourth-order valence-corrected chi connectivity index (χ4v) is 4.50. The van der Waals surface area contributed by atoms with Gasteiger partial charge in [-0.3, -0.25) is 0 Å². The molecular weight excluding hydrogens is 308 g/mol. The van der Waals surface area contributed by atoms with Crippen LogP contribution >= 0.6 is 11.6 Å². The normalized spacial score (nSPS) is 15.9. The van der Waals surface area contributed by atoms with E-state index in [1.54, 1.807) is 22.5 Å². The number of sulfonamides is 1. The van der Waals surface area contributed by atoms with Crippen molar-refractivity contribution in [2.24, 2.45) is 11.7 Å². The molecule has 1 aliphatic rings. The van der Waals surface area contributed by atoms with Crippen LogP contribution in [0.5, 0.6) is 0 Å². The third-order valence-corrected chi connectivity index (χ3v) is 6.13. The molecule has 0 aliphatic heterocycles. The molecule has 1 saturated carbocycles. The van der Waals surface area contributed by atoms with Gasteiger partial charge < -0.3 is 5.73 Å². The lowest BCUT2D eigenvalue weighted by Crippen LogP contribution is -2.34. The standard InChI is InChI=1S/C15H23ClN2O2S/c1-11(2)7-8-18(13-4-5-13)21(19,20)15-6-3-12(10-17)9-14(15)16/h3,6,9,11,13H,4-5,7-8,10,17H2,1-2H3. The number of benzene rings is 1. The van der Waals surface area contributed by atoms with Crippen LogP contribution in [0.2, 0.25) is 5.02 Å². The summed E-state index contributed by atoms with van der Waals surface area (Å²) in [6.07, 6.45) is 2.74. The van der Waals surface area contributed by atoms with E-state index in [2.05, 4.69) is 13.8 Å². The second-order valence-corrected chi connectivity index (χ2v) is 8.26. The maximum atomic E-state index is 12.9. The molecule has 0 saturated heterocycles. The Labute approximate surface area is 132 Å². The van der Waals surface area contributed by atoms with E-state index in [1.165, 1.54) is 0 Å². The van der Waals surface area contributed by atoms with Gasteiger partial charge in [0.2, 0.25) is 10.0 Å². The quantitative estimate of drug-likeness (QED) is 0.836. The van der Waals surface area contributed by atoms with E-state index in [-0.39, 0.29) is 16.0 Å². The average molecular weight is 331 g/mol. The summed E-state index contributed by atoms with van der Waals surface area (Å²) >= 11 is 6.16. The number of hydrogen-bond acceptors (Lipinski definition) is 3. The topological polar surface area (TPSA) is 63.4 Å². The zero-order valence-corrected chi connectivity index (χ0v) is 14.1. The van der Waals surface area contributed by atoms with Gasteiger partial charge in [0.05, 0.1) is 5.02 Å². The van der Waals surface area contributed by atoms with E-state index < -0.39 is 10.0 Å². The summed E-state index contributed by atoms with van der Waals surface area (Å²) in [6, 6.07) is 5.08. The smallest absolute Gasteiger partial charge is 0.244 e. The molecule has 6 heteroatoms. The Balaban J connectivity index is 2.29. The molecule has 21 heavy (non-hydrogen) atoms. The van der Waals surface area contributed by atoms with Gasteiger partial charge in [0.15, 0.2) is 0 Å². The Morgan fingerprint density at radius 2 is 2.05 bits per heavy atom. The van der Waals surface area contributed by atoms with E-state index in [9.17, 15) is 8.42 Å². The first-order valence-electron chi connectivity index (χ1n) is 7.36. The van der Waals surface area contributed by atoms with Crippen molar-refractivity contribution in [2.45, 2.75) is 50.6 Å². The molecular formula is C15H23ClN2O2S. The number of hydrogen-bond donors (Lipinski definition) is 1. The molecule has 0 bridgehead atoms. The average Bonchev–Trinajstić information content (AvgIpc) is 3.22. The first-order chi connectivity index (χ1) is 9.86. The highest BCUT2D eigenvalue weighted by Crippen LogP contribution is 2.35. The van der Waals surface area contributed by atoms with E-state index in [4.69, 9.17) is 17.3 Å². The zero-order chi connectivity index (χ0) is 15.6. The Kier molecular flexibility index (Phi) is 5.30. The van der Waals surface area contributed by atoms with Crippen LogP contribution in [0, 0.1) is 5.92 Å². The van der Waals surface area contributed by atoms with Crippen LogP contribution in [0.4, 0.5) is 0 Å². The molecule has 1 aliphatic carbocycles. The highest BCUT2D eigenvalue weighted by molar-refractivity contribution is 7.89. The third-order valence-electron chi connectivity index (χ3n) is 3.70. The van der Waals surface area contributed by atoms with E-state index in [1.807, 2.05) is 0 Å². The second-order valence-electron chi connectivity index (χ2n) is 6.00. The number of rotatable bonds is 7. The predicted octanol–water partition coefficient (Wildman–Crippen LogP) is 3.00. The summed E-state index contributed by atoms with van der Waals surface area (Å²) in [5.41, 5.74) is 6.39. The van der Waals surface area contributed by atoms with Crippen LogP contribution in [0.15, 0.2) is 23.1 Å². The Bertz CT molecular complexity index is 598. The predicted molar refractivity (Wildman–Crippen MR) is 85.7 cm³/mol. The van der Waals surface area contributed by atoms with Crippen LogP contribution < -0.4 is 5.73 Å². The van der Waals surface area contributed by atoms with Gasteiger partial charge in [-0.1, -0.05) is 31.5 Å². The van der Waals surface area contributed by atoms with E-state index in [0.717, 1.165) is 24.8 Å². The zero-order valence-electron chi connectivity index (χ0n) is 12.5. The SMILES string of the molecule is CC(C)CCN(C1CC1)S(=O)(=O)c1ccc(CN)cc1Cl. The van der Waals surface area contributed by atoms with Gasteiger partial charge in [0.1, 0.15) is 4.90 Å². The summed E-state index contributed by atoms with van der Waals surface area (Å²) in [4.78, 5) is 0.192. The van der Waals surface area contributed by atoms with Gasteiger partial charge >= 0.3 is 0 Å². The maximum Gasteiger partial charge on any atom is 0.244 e. The van der Waals surface area contributed by atoms with Gasteiger partial charge in [0.25, 0.3) is 0 Å². The van der Waals surface area contributed by atoms with Crippen LogP contribution in [-0.2, 0) is 16.6 Å². The molecule has 1 aromatic carbocycles. The Morgan fingerprint density at radius 3 is 2.52 bits per heavy atom. The van der Waals surface area contributed by atoms with Crippen molar-refractivity contribution in [3.63, 3.8) is 0 Å². The lowest BCUT2D eigenvalue weighted by Gasteiger charge is -2.23. The molecule has 1 fully saturated rings. The fourth-order valence-electron chi connectivity index (χ4n) is 2.25. The molecule has 0 spiro atoms. The third kappa shape index (κ3) is 3.97. The minimum atomic E-state index is -3.53. The number of nitrogens with two attached hydrogens (primary N) is 1. The molecule has 0 unspecified atom stereocenters. The number of nitrogens with zero attached hydrogens (tertiary/aromatic N) is 1. The van der Waals surface area contributed by atoms with Crippen molar-refractivity contribution in [3.8, 4) is 0 Å². The summed E-state index contributed by atoms with van der Waals surface area (Å²) < 4.78 is 27.3. The van der Waals surface area contributed by atoms with Gasteiger partial charge in [0, 0.05) is 19.1 Å². The van der Waals surface area contributed by atoms with E-state index >= 15 is 0 Å². The highest BCUT2D eigenvalue weighted by Gasteiger charge is 2.38. The lowest BCUT2D eigenvalue weighted by atomic mass is 10.1. The van der Waals surface area contributed by atoms with Gasteiger partial charge in [-0.15, -0.1) is 0 Å². The summed E-state index contributed by atoms with van der Waals surface area (Å²) in [7, 11) is -3.53. The van der Waals surface area contributed by atoms with Gasteiger partial charge in [-0.05, 0) is 42.9 Å². The minimum absolute atomic E-state index is 0.138. The molecule has 1 aromatic rings. The lowest BCUT2D eigenvalue weighted by molar-refractivity contribution is 0.373. The van der Waals surface area contributed by atoms with Gasteiger partial charge in [-0.25, -0.2) is 8.42 Å². The van der Waals surface area contributed by atoms with Crippen LogP contribution in [0.25, 0.3) is 0 Å². The molecule has 0 heterocycles. The van der Waals surface area contributed by atoms with Crippen molar-refractivity contribution in [2.75, 3.05) is 6.54 Å². The van der Waals surface area contributed by atoms with Crippen molar-refractivity contribution < 1.29 is 8.42 Å². The van der Waals surface area contributed by atoms with Crippen molar-refractivity contribution >= 4 is 21.6 Å². The maximum absolute atomic E-state index is 12.9. The molecule has 4 nitrogen and oxygen atoms in total. The number of halogens is 1. The molecule has 0 radical (unpaired) electrons. The summed E-state index contributed by atoms with van der Waals surface area (Å²) in [6.45, 7) is 5.10. The van der Waals surface area contributed by atoms with Crippen LogP contribution in [0.1, 0.15) is 38.7 Å². The fraction of sp³-hybridized carbons (Fsp3) is 0.600. The molecule has 0 aromatic heterocycles. The first kappa shape index (κ1) is 16.7. The summed E-state index contributed by atoms with van der Waals surface area (Å²) in [5.74, 6) is 0.469. The van der Waals surface area contributed by atoms with Crippen LogP contribution in [-0.4, -0.2) is 25.3 Å². The largest absolute Gasteiger partial charge is 0.326 e.